The van der Waals surface area contributed by atoms with Gasteiger partial charge in [-0.25, -0.2) is 0 Å². The normalized spacial score (nSPS) is 26.8. The molecule has 0 bridgehead atoms. The number of aliphatic hydroxyl groups is 3. The van der Waals surface area contributed by atoms with Crippen molar-refractivity contribution in [3.63, 3.8) is 0 Å². The number of ketones is 1. The summed E-state index contributed by atoms with van der Waals surface area (Å²) in [5.74, 6) is -1.26. The van der Waals surface area contributed by atoms with Crippen LogP contribution in [0.3, 0.4) is 0 Å². The molecule has 1 aliphatic rings. The Bertz CT molecular complexity index is 425. The van der Waals surface area contributed by atoms with E-state index >= 15 is 0 Å². The van der Waals surface area contributed by atoms with Gasteiger partial charge in [-0.3, -0.25) is 9.59 Å². The lowest BCUT2D eigenvalue weighted by molar-refractivity contribution is -0.137. The number of rotatable bonds is 14. The predicted molar refractivity (Wildman–Crippen MR) is 98.7 cm³/mol. The van der Waals surface area contributed by atoms with Crippen molar-refractivity contribution < 1.29 is 30.0 Å². The lowest BCUT2D eigenvalue weighted by atomic mass is 9.84. The van der Waals surface area contributed by atoms with Crippen LogP contribution in [0.5, 0.6) is 0 Å². The Morgan fingerprint density at radius 1 is 0.962 bits per heavy atom. The van der Waals surface area contributed by atoms with E-state index in [1.54, 1.807) is 0 Å². The van der Waals surface area contributed by atoms with Gasteiger partial charge in [0.05, 0.1) is 18.3 Å². The molecule has 1 saturated carbocycles. The standard InChI is InChI=1S/C20H36O6/c1-2-3-4-7-14(21)10-11-16-17(19(24)13-18(16)23)12-15(22)8-5-6-9-20(25)26/h14,16-19,21,23-24H,2-13H2,1H3,(H,25,26)/t14-,16+,17+,18-,19-/m0/s1. The summed E-state index contributed by atoms with van der Waals surface area (Å²) in [5, 5.41) is 39.1. The fourth-order valence-corrected chi connectivity index (χ4v) is 3.98. The second-order valence-electron chi connectivity index (χ2n) is 7.77. The third-order valence-corrected chi connectivity index (χ3v) is 5.56. The Morgan fingerprint density at radius 2 is 1.62 bits per heavy atom. The van der Waals surface area contributed by atoms with Gasteiger partial charge in [0, 0.05) is 19.3 Å². The molecule has 4 N–H and O–H groups in total. The van der Waals surface area contributed by atoms with Gasteiger partial charge in [0.25, 0.3) is 0 Å². The lowest BCUT2D eigenvalue weighted by Crippen LogP contribution is -2.26. The zero-order valence-electron chi connectivity index (χ0n) is 16.0. The first-order valence-electron chi connectivity index (χ1n) is 10.1. The summed E-state index contributed by atoms with van der Waals surface area (Å²) in [6.45, 7) is 2.12. The molecule has 1 rings (SSSR count). The minimum atomic E-state index is -0.857. The van der Waals surface area contributed by atoms with Crippen molar-refractivity contribution in [2.24, 2.45) is 11.8 Å². The molecular weight excluding hydrogens is 336 g/mol. The molecule has 0 radical (unpaired) electrons. The SMILES string of the molecule is CCCCC[C@H](O)CC[C@@H]1[C@@H](CC(=O)CCCCC(=O)O)[C@@H](O)C[C@@H]1O. The smallest absolute Gasteiger partial charge is 0.303 e. The lowest BCUT2D eigenvalue weighted by Gasteiger charge is -2.24. The quantitative estimate of drug-likeness (QED) is 0.349. The summed E-state index contributed by atoms with van der Waals surface area (Å²) in [6.07, 6.45) is 5.36. The summed E-state index contributed by atoms with van der Waals surface area (Å²) in [6, 6.07) is 0. The van der Waals surface area contributed by atoms with Crippen LogP contribution in [0, 0.1) is 11.8 Å². The van der Waals surface area contributed by atoms with Crippen LogP contribution in [0.15, 0.2) is 0 Å². The van der Waals surface area contributed by atoms with E-state index in [4.69, 9.17) is 5.11 Å². The summed E-state index contributed by atoms with van der Waals surface area (Å²) in [7, 11) is 0. The van der Waals surface area contributed by atoms with Crippen LogP contribution >= 0.6 is 0 Å². The average Bonchev–Trinajstić information content (AvgIpc) is 2.83. The van der Waals surface area contributed by atoms with Gasteiger partial charge >= 0.3 is 5.97 Å². The number of unbranched alkanes of at least 4 members (excludes halogenated alkanes) is 3. The van der Waals surface area contributed by atoms with Crippen LogP contribution in [-0.4, -0.2) is 50.5 Å². The van der Waals surface area contributed by atoms with Crippen LogP contribution in [0.25, 0.3) is 0 Å². The monoisotopic (exact) mass is 372 g/mol. The summed E-state index contributed by atoms with van der Waals surface area (Å²) < 4.78 is 0. The largest absolute Gasteiger partial charge is 0.481 e. The summed E-state index contributed by atoms with van der Waals surface area (Å²) in [5.41, 5.74) is 0. The maximum Gasteiger partial charge on any atom is 0.303 e. The molecule has 1 aliphatic carbocycles. The molecule has 0 saturated heterocycles. The number of carboxylic acid groups (broad SMARTS) is 1. The van der Waals surface area contributed by atoms with Gasteiger partial charge in [0.2, 0.25) is 0 Å². The Kier molecular flexibility index (Phi) is 11.0. The molecule has 6 heteroatoms. The molecule has 152 valence electrons. The first kappa shape index (κ1) is 23.1. The third kappa shape index (κ3) is 8.60. The van der Waals surface area contributed by atoms with Gasteiger partial charge < -0.3 is 20.4 Å². The van der Waals surface area contributed by atoms with Crippen molar-refractivity contribution in [2.45, 2.75) is 102 Å². The van der Waals surface area contributed by atoms with E-state index in [9.17, 15) is 24.9 Å². The summed E-state index contributed by atoms with van der Waals surface area (Å²) in [4.78, 5) is 22.7. The highest BCUT2D eigenvalue weighted by Gasteiger charge is 2.42. The topological polar surface area (TPSA) is 115 Å². The van der Waals surface area contributed by atoms with Crippen molar-refractivity contribution in [2.75, 3.05) is 0 Å². The zero-order chi connectivity index (χ0) is 19.5. The molecule has 5 atom stereocenters. The van der Waals surface area contributed by atoms with E-state index in [-0.39, 0.29) is 43.0 Å². The number of carboxylic acids is 1. The fourth-order valence-electron chi connectivity index (χ4n) is 3.98. The van der Waals surface area contributed by atoms with E-state index < -0.39 is 18.2 Å². The van der Waals surface area contributed by atoms with Gasteiger partial charge in [0.1, 0.15) is 5.78 Å². The molecule has 26 heavy (non-hydrogen) atoms. The van der Waals surface area contributed by atoms with Crippen LogP contribution in [0.2, 0.25) is 0 Å². The maximum atomic E-state index is 12.2. The highest BCUT2D eigenvalue weighted by atomic mass is 16.4. The van der Waals surface area contributed by atoms with Gasteiger partial charge in [-0.15, -0.1) is 0 Å². The second kappa shape index (κ2) is 12.4. The van der Waals surface area contributed by atoms with Crippen molar-refractivity contribution in [3.05, 3.63) is 0 Å². The van der Waals surface area contributed by atoms with Crippen molar-refractivity contribution in [1.29, 1.82) is 0 Å². The Hall–Kier alpha value is -0.980. The number of Topliss-reactive ketones (excluding diaryl/α,β-unsaturated/α-hetero) is 1. The molecule has 0 aliphatic heterocycles. The number of hydrogen-bond donors (Lipinski definition) is 4. The molecule has 0 aromatic heterocycles. The average molecular weight is 373 g/mol. The zero-order valence-corrected chi connectivity index (χ0v) is 16.0. The molecule has 6 nitrogen and oxygen atoms in total. The van der Waals surface area contributed by atoms with Crippen LogP contribution in [-0.2, 0) is 9.59 Å². The minimum absolute atomic E-state index is 0.0158. The van der Waals surface area contributed by atoms with E-state index in [0.29, 0.717) is 32.1 Å². The van der Waals surface area contributed by atoms with Crippen LogP contribution in [0.4, 0.5) is 0 Å². The second-order valence-corrected chi connectivity index (χ2v) is 7.77. The molecule has 0 unspecified atom stereocenters. The first-order chi connectivity index (χ1) is 12.3. The predicted octanol–water partition coefficient (Wildman–Crippen LogP) is 2.67. The van der Waals surface area contributed by atoms with E-state index in [1.807, 2.05) is 0 Å². The molecule has 0 aromatic rings. The summed E-state index contributed by atoms with van der Waals surface area (Å²) >= 11 is 0. The van der Waals surface area contributed by atoms with Crippen LogP contribution < -0.4 is 0 Å². The third-order valence-electron chi connectivity index (χ3n) is 5.56. The fraction of sp³-hybridized carbons (Fsp3) is 0.900. The van der Waals surface area contributed by atoms with Crippen molar-refractivity contribution in [3.8, 4) is 0 Å². The minimum Gasteiger partial charge on any atom is -0.481 e. The molecular formula is C20H36O6. The number of hydrogen-bond acceptors (Lipinski definition) is 5. The van der Waals surface area contributed by atoms with Gasteiger partial charge in [-0.2, -0.15) is 0 Å². The van der Waals surface area contributed by atoms with Gasteiger partial charge in [-0.05, 0) is 50.4 Å². The van der Waals surface area contributed by atoms with E-state index in [1.165, 1.54) is 0 Å². The highest BCUT2D eigenvalue weighted by molar-refractivity contribution is 5.78. The molecule has 1 fully saturated rings. The van der Waals surface area contributed by atoms with Crippen molar-refractivity contribution in [1.82, 2.24) is 0 Å². The van der Waals surface area contributed by atoms with E-state index in [0.717, 1.165) is 25.7 Å². The van der Waals surface area contributed by atoms with Crippen molar-refractivity contribution >= 4 is 11.8 Å². The molecule has 0 aromatic carbocycles. The van der Waals surface area contributed by atoms with Gasteiger partial charge in [0.15, 0.2) is 0 Å². The Balaban J connectivity index is 2.40. The van der Waals surface area contributed by atoms with Crippen LogP contribution in [0.1, 0.15) is 84.0 Å². The first-order valence-corrected chi connectivity index (χ1v) is 10.1. The Morgan fingerprint density at radius 3 is 2.27 bits per heavy atom. The van der Waals surface area contributed by atoms with E-state index in [2.05, 4.69) is 6.92 Å². The maximum absolute atomic E-state index is 12.2. The number of carbonyl (C=O) groups is 2. The van der Waals surface area contributed by atoms with Gasteiger partial charge in [-0.1, -0.05) is 26.2 Å². The number of aliphatic carboxylic acids is 1. The molecule has 0 heterocycles. The molecule has 0 amide bonds. The number of aliphatic hydroxyl groups excluding tert-OH is 3. The molecule has 0 spiro atoms. The highest BCUT2D eigenvalue weighted by Crippen LogP contribution is 2.38. The number of carbonyl (C=O) groups excluding carboxylic acids is 1. The Labute approximate surface area is 156 Å².